The van der Waals surface area contributed by atoms with E-state index in [1.54, 1.807) is 11.3 Å². The Balaban J connectivity index is 0.00000288. The Morgan fingerprint density at radius 2 is 2.38 bits per heavy atom. The van der Waals surface area contributed by atoms with Gasteiger partial charge in [-0.3, -0.25) is 4.99 Å². The predicted molar refractivity (Wildman–Crippen MR) is 112 cm³/mol. The van der Waals surface area contributed by atoms with Crippen molar-refractivity contribution in [3.8, 4) is 0 Å². The molecule has 1 aromatic rings. The molecule has 1 aromatic heterocycles. The molecule has 138 valence electrons. The molecule has 0 bridgehead atoms. The van der Waals surface area contributed by atoms with Crippen LogP contribution in [0.15, 0.2) is 17.1 Å². The molecule has 2 heterocycles. The van der Waals surface area contributed by atoms with Crippen LogP contribution in [0.25, 0.3) is 0 Å². The van der Waals surface area contributed by atoms with E-state index >= 15 is 0 Å². The lowest BCUT2D eigenvalue weighted by atomic mass is 10.2. The van der Waals surface area contributed by atoms with E-state index in [-0.39, 0.29) is 30.1 Å². The molecule has 0 spiro atoms. The summed E-state index contributed by atoms with van der Waals surface area (Å²) < 4.78 is 12.0. The Labute approximate surface area is 170 Å². The number of nitrogens with one attached hydrogen (secondary N) is 1. The van der Waals surface area contributed by atoms with Crippen molar-refractivity contribution >= 4 is 52.9 Å². The summed E-state index contributed by atoms with van der Waals surface area (Å²) in [7, 11) is 2.03. The van der Waals surface area contributed by atoms with Gasteiger partial charge in [0.25, 0.3) is 0 Å². The highest BCUT2D eigenvalue weighted by molar-refractivity contribution is 14.0. The highest BCUT2D eigenvalue weighted by Gasteiger charge is 2.15. The number of thiophene rings is 1. The van der Waals surface area contributed by atoms with E-state index in [9.17, 15) is 0 Å². The summed E-state index contributed by atoms with van der Waals surface area (Å²) >= 11 is 7.58. The van der Waals surface area contributed by atoms with Crippen LogP contribution in [-0.4, -0.2) is 56.9 Å². The van der Waals surface area contributed by atoms with Gasteiger partial charge in [-0.2, -0.15) is 0 Å². The molecule has 1 N–H and O–H groups in total. The smallest absolute Gasteiger partial charge is 0.194 e. The normalized spacial score (nSPS) is 17.6. The van der Waals surface area contributed by atoms with Crippen LogP contribution >= 0.6 is 46.9 Å². The maximum atomic E-state index is 5.98. The molecule has 5 nitrogen and oxygen atoms in total. The summed E-state index contributed by atoms with van der Waals surface area (Å²) in [5.74, 6) is 0.887. The largest absolute Gasteiger partial charge is 0.377 e. The molecular formula is C16H27ClIN3O2S. The molecule has 24 heavy (non-hydrogen) atoms. The third kappa shape index (κ3) is 7.86. The second-order valence-corrected chi connectivity index (χ2v) is 7.31. The van der Waals surface area contributed by atoms with Crippen molar-refractivity contribution in [3.63, 3.8) is 0 Å². The topological polar surface area (TPSA) is 46.1 Å². The molecule has 1 fully saturated rings. The zero-order chi connectivity index (χ0) is 16.5. The quantitative estimate of drug-likeness (QED) is 0.263. The average molecular weight is 488 g/mol. The summed E-state index contributed by atoms with van der Waals surface area (Å²) in [5.41, 5.74) is 0. The van der Waals surface area contributed by atoms with Crippen LogP contribution in [0.5, 0.6) is 0 Å². The second-order valence-electron chi connectivity index (χ2n) is 5.51. The van der Waals surface area contributed by atoms with Crippen molar-refractivity contribution in [1.82, 2.24) is 10.2 Å². The van der Waals surface area contributed by atoms with Gasteiger partial charge in [0.2, 0.25) is 0 Å². The lowest BCUT2D eigenvalue weighted by Gasteiger charge is -2.21. The maximum absolute atomic E-state index is 5.98. The Morgan fingerprint density at radius 3 is 3.00 bits per heavy atom. The van der Waals surface area contributed by atoms with Gasteiger partial charge in [-0.05, 0) is 31.9 Å². The van der Waals surface area contributed by atoms with E-state index in [1.165, 1.54) is 4.88 Å². The molecule has 2 rings (SSSR count). The van der Waals surface area contributed by atoms with Gasteiger partial charge in [0.1, 0.15) is 0 Å². The molecule has 0 aromatic carbocycles. The minimum atomic E-state index is 0. The van der Waals surface area contributed by atoms with E-state index in [0.29, 0.717) is 19.8 Å². The molecule has 8 heteroatoms. The number of halogens is 2. The molecule has 1 unspecified atom stereocenters. The predicted octanol–water partition coefficient (Wildman–Crippen LogP) is 3.61. The lowest BCUT2D eigenvalue weighted by Crippen LogP contribution is -2.38. The molecule has 1 atom stereocenters. The Kier molecular flexibility index (Phi) is 11.2. The van der Waals surface area contributed by atoms with Gasteiger partial charge in [0, 0.05) is 25.1 Å². The summed E-state index contributed by atoms with van der Waals surface area (Å²) in [4.78, 5) is 7.94. The molecule has 1 aliphatic heterocycles. The van der Waals surface area contributed by atoms with Crippen molar-refractivity contribution in [2.24, 2.45) is 4.99 Å². The minimum Gasteiger partial charge on any atom is -0.377 e. The zero-order valence-corrected chi connectivity index (χ0v) is 18.2. The van der Waals surface area contributed by atoms with Crippen molar-refractivity contribution in [2.75, 3.05) is 40.0 Å². The van der Waals surface area contributed by atoms with Crippen molar-refractivity contribution in [1.29, 1.82) is 0 Å². The SMILES string of the molecule is CCNC(=NCCOCC1CCCO1)N(C)Cc1ccc(Cl)s1.I. The van der Waals surface area contributed by atoms with Crippen molar-refractivity contribution < 1.29 is 9.47 Å². The Bertz CT molecular complexity index is 495. The van der Waals surface area contributed by atoms with E-state index in [1.807, 2.05) is 13.1 Å². The van der Waals surface area contributed by atoms with Gasteiger partial charge >= 0.3 is 0 Å². The number of guanidine groups is 1. The summed E-state index contributed by atoms with van der Waals surface area (Å²) in [5, 5.41) is 3.31. The zero-order valence-electron chi connectivity index (χ0n) is 14.3. The number of nitrogens with zero attached hydrogens (tertiary/aromatic N) is 2. The minimum absolute atomic E-state index is 0. The van der Waals surface area contributed by atoms with E-state index in [2.05, 4.69) is 28.2 Å². The van der Waals surface area contributed by atoms with E-state index in [4.69, 9.17) is 21.1 Å². The monoisotopic (exact) mass is 487 g/mol. The van der Waals surface area contributed by atoms with Crippen LogP contribution in [0.4, 0.5) is 0 Å². The highest BCUT2D eigenvalue weighted by atomic mass is 127. The van der Waals surface area contributed by atoms with Gasteiger partial charge in [-0.1, -0.05) is 11.6 Å². The highest BCUT2D eigenvalue weighted by Crippen LogP contribution is 2.22. The average Bonchev–Trinajstić information content (AvgIpc) is 3.17. The molecule has 1 aliphatic rings. The number of hydrogen-bond acceptors (Lipinski definition) is 4. The number of ether oxygens (including phenoxy) is 2. The van der Waals surface area contributed by atoms with Crippen LogP contribution in [0.1, 0.15) is 24.6 Å². The standard InChI is InChI=1S/C16H26ClN3O2S.HI/c1-3-18-16(20(2)11-14-6-7-15(17)23-14)19-8-10-21-12-13-5-4-9-22-13;/h6-7,13H,3-5,8-12H2,1-2H3,(H,18,19);1H. The van der Waals surface area contributed by atoms with Gasteiger partial charge < -0.3 is 19.7 Å². The first kappa shape index (κ1) is 22.0. The summed E-state index contributed by atoms with van der Waals surface area (Å²) in [6.45, 7) is 6.51. The fourth-order valence-corrected chi connectivity index (χ4v) is 3.56. The number of hydrogen-bond donors (Lipinski definition) is 1. The first-order chi connectivity index (χ1) is 11.2. The van der Waals surface area contributed by atoms with E-state index < -0.39 is 0 Å². The Hall–Kier alpha value is -0.0900. The first-order valence-electron chi connectivity index (χ1n) is 8.12. The van der Waals surface area contributed by atoms with Gasteiger partial charge in [-0.15, -0.1) is 35.3 Å². The van der Waals surface area contributed by atoms with Crippen LogP contribution in [0.3, 0.4) is 0 Å². The van der Waals surface area contributed by atoms with Crippen LogP contribution in [-0.2, 0) is 16.0 Å². The van der Waals surface area contributed by atoms with Crippen LogP contribution < -0.4 is 5.32 Å². The number of aliphatic imine (C=N–C) groups is 1. The fourth-order valence-electron chi connectivity index (χ4n) is 2.42. The fraction of sp³-hybridized carbons (Fsp3) is 0.688. The Morgan fingerprint density at radius 1 is 1.54 bits per heavy atom. The molecule has 0 amide bonds. The molecule has 0 aliphatic carbocycles. The number of rotatable bonds is 8. The second kappa shape index (κ2) is 12.3. The maximum Gasteiger partial charge on any atom is 0.194 e. The summed E-state index contributed by atoms with van der Waals surface area (Å²) in [6.07, 6.45) is 2.53. The third-order valence-electron chi connectivity index (χ3n) is 3.54. The molecule has 0 radical (unpaired) electrons. The van der Waals surface area contributed by atoms with E-state index in [0.717, 1.165) is 42.8 Å². The van der Waals surface area contributed by atoms with Gasteiger partial charge in [0.05, 0.1) is 36.7 Å². The molecule has 1 saturated heterocycles. The van der Waals surface area contributed by atoms with Gasteiger partial charge in [0.15, 0.2) is 5.96 Å². The summed E-state index contributed by atoms with van der Waals surface area (Å²) in [6, 6.07) is 3.98. The van der Waals surface area contributed by atoms with Crippen LogP contribution in [0.2, 0.25) is 4.34 Å². The molecular weight excluding hydrogens is 461 g/mol. The van der Waals surface area contributed by atoms with Gasteiger partial charge in [-0.25, -0.2) is 0 Å². The van der Waals surface area contributed by atoms with Crippen molar-refractivity contribution in [2.45, 2.75) is 32.4 Å². The first-order valence-corrected chi connectivity index (χ1v) is 9.31. The van der Waals surface area contributed by atoms with Crippen molar-refractivity contribution in [3.05, 3.63) is 21.3 Å². The molecule has 0 saturated carbocycles. The lowest BCUT2D eigenvalue weighted by molar-refractivity contribution is 0.0199. The van der Waals surface area contributed by atoms with Crippen LogP contribution in [0, 0.1) is 0 Å². The third-order valence-corrected chi connectivity index (χ3v) is 4.76.